The topological polar surface area (TPSA) is 68.5 Å². The lowest BCUT2D eigenvalue weighted by Crippen LogP contribution is -2.03. The minimum absolute atomic E-state index is 0.200. The van der Waals surface area contributed by atoms with E-state index >= 15 is 0 Å². The second kappa shape index (κ2) is 10.6. The highest BCUT2D eigenvalue weighted by Crippen LogP contribution is 2.28. The fraction of sp³-hybridized carbons (Fsp3) is 0.0769. The summed E-state index contributed by atoms with van der Waals surface area (Å²) in [5.41, 5.74) is 1.85. The minimum Gasteiger partial charge on any atom is -0.493 e. The van der Waals surface area contributed by atoms with Gasteiger partial charge in [0.1, 0.15) is 11.6 Å². The van der Waals surface area contributed by atoms with Crippen LogP contribution in [0.25, 0.3) is 17.7 Å². The maximum atomic E-state index is 13.9. The Kier molecular flexibility index (Phi) is 7.39. The van der Waals surface area contributed by atoms with Crippen molar-refractivity contribution in [1.29, 1.82) is 5.26 Å². The first-order chi connectivity index (χ1) is 15.5. The zero-order chi connectivity index (χ0) is 22.9. The lowest BCUT2D eigenvalue weighted by molar-refractivity contribution is -0.128. The second-order valence-electron chi connectivity index (χ2n) is 6.59. The minimum atomic E-state index is -0.549. The number of nitrogens with zero attached hydrogens (tertiary/aromatic N) is 1. The van der Waals surface area contributed by atoms with Crippen LogP contribution in [0.5, 0.6) is 17.2 Å². The Bertz CT molecular complexity index is 1210. The summed E-state index contributed by atoms with van der Waals surface area (Å²) < 4.78 is 29.7. The van der Waals surface area contributed by atoms with E-state index in [0.29, 0.717) is 22.8 Å². The Labute approximate surface area is 185 Å². The van der Waals surface area contributed by atoms with E-state index in [2.05, 4.69) is 0 Å². The van der Waals surface area contributed by atoms with Gasteiger partial charge in [-0.05, 0) is 53.6 Å². The predicted octanol–water partition coefficient (Wildman–Crippen LogP) is 5.53. The number of ether oxygens (including phenoxy) is 3. The number of carbonyl (C=O) groups is 1. The van der Waals surface area contributed by atoms with E-state index < -0.39 is 11.8 Å². The van der Waals surface area contributed by atoms with Gasteiger partial charge in [-0.25, -0.2) is 9.18 Å². The molecule has 5 nitrogen and oxygen atoms in total. The van der Waals surface area contributed by atoms with Crippen molar-refractivity contribution in [3.8, 4) is 23.3 Å². The van der Waals surface area contributed by atoms with Crippen molar-refractivity contribution in [2.75, 3.05) is 14.2 Å². The Morgan fingerprint density at radius 2 is 1.62 bits per heavy atom. The summed E-state index contributed by atoms with van der Waals surface area (Å²) in [6.07, 6.45) is 4.48. The molecule has 160 valence electrons. The van der Waals surface area contributed by atoms with E-state index in [1.165, 1.54) is 19.3 Å². The number of rotatable bonds is 7. The van der Waals surface area contributed by atoms with Gasteiger partial charge in [-0.15, -0.1) is 0 Å². The molecule has 6 heteroatoms. The number of esters is 1. The average Bonchev–Trinajstić information content (AvgIpc) is 2.82. The summed E-state index contributed by atoms with van der Waals surface area (Å²) in [6, 6.07) is 19.9. The highest BCUT2D eigenvalue weighted by Gasteiger charge is 2.08. The van der Waals surface area contributed by atoms with Gasteiger partial charge in [-0.2, -0.15) is 5.26 Å². The largest absolute Gasteiger partial charge is 0.493 e. The van der Waals surface area contributed by atoms with Crippen LogP contribution in [-0.4, -0.2) is 20.2 Å². The Balaban J connectivity index is 1.68. The predicted molar refractivity (Wildman–Crippen MR) is 121 cm³/mol. The van der Waals surface area contributed by atoms with Crippen LogP contribution in [0.3, 0.4) is 0 Å². The lowest BCUT2D eigenvalue weighted by atomic mass is 10.0. The molecule has 3 rings (SSSR count). The number of nitriles is 1. The normalized spacial score (nSPS) is 11.1. The van der Waals surface area contributed by atoms with Crippen molar-refractivity contribution < 1.29 is 23.4 Å². The average molecular weight is 429 g/mol. The SMILES string of the molecule is COc1ccc(/C=C/C(=O)Oc2ccc(/C=C(/C#N)c3ccccc3F)cc2)cc1OC. The molecule has 3 aromatic rings. The van der Waals surface area contributed by atoms with Crippen LogP contribution in [0.2, 0.25) is 0 Å². The molecule has 0 spiro atoms. The van der Waals surface area contributed by atoms with E-state index in [4.69, 9.17) is 14.2 Å². The molecule has 0 amide bonds. The van der Waals surface area contributed by atoms with Crippen molar-refractivity contribution in [3.05, 3.63) is 95.3 Å². The van der Waals surface area contributed by atoms with Crippen LogP contribution in [0.15, 0.2) is 72.8 Å². The first-order valence-electron chi connectivity index (χ1n) is 9.62. The third kappa shape index (κ3) is 5.61. The second-order valence-corrected chi connectivity index (χ2v) is 6.59. The number of hydrogen-bond donors (Lipinski definition) is 0. The maximum absolute atomic E-state index is 13.9. The van der Waals surface area contributed by atoms with Gasteiger partial charge >= 0.3 is 5.97 Å². The summed E-state index contributed by atoms with van der Waals surface area (Å²) in [4.78, 5) is 12.1. The van der Waals surface area contributed by atoms with Crippen LogP contribution in [-0.2, 0) is 4.79 Å². The van der Waals surface area contributed by atoms with Gasteiger partial charge in [-0.3, -0.25) is 0 Å². The van der Waals surface area contributed by atoms with Gasteiger partial charge in [0.2, 0.25) is 0 Å². The van der Waals surface area contributed by atoms with Crippen molar-refractivity contribution in [2.45, 2.75) is 0 Å². The molecular weight excluding hydrogens is 409 g/mol. The van der Waals surface area contributed by atoms with Gasteiger partial charge in [0.05, 0.1) is 25.9 Å². The number of hydrogen-bond acceptors (Lipinski definition) is 5. The number of halogens is 1. The number of benzene rings is 3. The molecular formula is C26H20FNO4. The summed E-state index contributed by atoms with van der Waals surface area (Å²) in [6.45, 7) is 0. The summed E-state index contributed by atoms with van der Waals surface area (Å²) in [7, 11) is 3.08. The first-order valence-corrected chi connectivity index (χ1v) is 9.62. The zero-order valence-corrected chi connectivity index (χ0v) is 17.5. The lowest BCUT2D eigenvalue weighted by Gasteiger charge is -2.07. The maximum Gasteiger partial charge on any atom is 0.336 e. The van der Waals surface area contributed by atoms with Crippen LogP contribution in [0, 0.1) is 17.1 Å². The molecule has 0 fully saturated rings. The van der Waals surface area contributed by atoms with Gasteiger partial charge in [0, 0.05) is 11.6 Å². The smallest absolute Gasteiger partial charge is 0.336 e. The van der Waals surface area contributed by atoms with Crippen LogP contribution < -0.4 is 14.2 Å². The standard InChI is InChI=1S/C26H20FNO4/c1-30-24-13-9-19(16-25(24)31-2)10-14-26(29)32-21-11-7-18(8-12-21)15-20(17-28)22-5-3-4-6-23(22)27/h3-16H,1-2H3/b14-10+,20-15-. The molecule has 0 saturated heterocycles. The molecule has 3 aromatic carbocycles. The summed E-state index contributed by atoms with van der Waals surface area (Å²) in [5, 5.41) is 9.38. The van der Waals surface area contributed by atoms with E-state index in [-0.39, 0.29) is 11.1 Å². The molecule has 0 heterocycles. The Morgan fingerprint density at radius 1 is 0.938 bits per heavy atom. The van der Waals surface area contributed by atoms with Crippen molar-refractivity contribution >= 4 is 23.7 Å². The van der Waals surface area contributed by atoms with E-state index in [1.807, 2.05) is 6.07 Å². The molecule has 0 aliphatic rings. The molecule has 0 saturated carbocycles. The highest BCUT2D eigenvalue weighted by atomic mass is 19.1. The van der Waals surface area contributed by atoms with Crippen molar-refractivity contribution in [3.63, 3.8) is 0 Å². The third-order valence-electron chi connectivity index (χ3n) is 4.51. The van der Waals surface area contributed by atoms with Gasteiger partial charge < -0.3 is 14.2 Å². The number of carbonyl (C=O) groups excluding carboxylic acids is 1. The Morgan fingerprint density at radius 3 is 2.28 bits per heavy atom. The van der Waals surface area contributed by atoms with E-state index in [0.717, 1.165) is 5.56 Å². The van der Waals surface area contributed by atoms with Crippen LogP contribution in [0.1, 0.15) is 16.7 Å². The van der Waals surface area contributed by atoms with Crippen molar-refractivity contribution in [1.82, 2.24) is 0 Å². The van der Waals surface area contributed by atoms with Gasteiger partial charge in [0.15, 0.2) is 11.5 Å². The first kappa shape index (κ1) is 22.3. The van der Waals surface area contributed by atoms with Gasteiger partial charge in [0.25, 0.3) is 0 Å². The molecule has 0 aliphatic carbocycles. The summed E-state index contributed by atoms with van der Waals surface area (Å²) >= 11 is 0. The Hall–Kier alpha value is -4.37. The van der Waals surface area contributed by atoms with Crippen LogP contribution in [0.4, 0.5) is 4.39 Å². The molecule has 0 radical (unpaired) electrons. The molecule has 0 aliphatic heterocycles. The molecule has 0 N–H and O–H groups in total. The zero-order valence-electron chi connectivity index (χ0n) is 17.5. The monoisotopic (exact) mass is 429 g/mol. The fourth-order valence-electron chi connectivity index (χ4n) is 2.92. The molecule has 32 heavy (non-hydrogen) atoms. The summed E-state index contributed by atoms with van der Waals surface area (Å²) in [5.74, 6) is 0.475. The third-order valence-corrected chi connectivity index (χ3v) is 4.51. The van der Waals surface area contributed by atoms with E-state index in [1.54, 1.807) is 79.9 Å². The molecule has 0 unspecified atom stereocenters. The molecule has 0 bridgehead atoms. The van der Waals surface area contributed by atoms with E-state index in [9.17, 15) is 14.4 Å². The van der Waals surface area contributed by atoms with Gasteiger partial charge in [-0.1, -0.05) is 36.4 Å². The highest BCUT2D eigenvalue weighted by molar-refractivity contribution is 5.90. The quantitative estimate of drug-likeness (QED) is 0.162. The fourth-order valence-corrected chi connectivity index (χ4v) is 2.92. The molecule has 0 aromatic heterocycles. The molecule has 0 atom stereocenters. The van der Waals surface area contributed by atoms with Crippen molar-refractivity contribution in [2.24, 2.45) is 0 Å². The number of allylic oxidation sites excluding steroid dienone is 1. The number of methoxy groups -OCH3 is 2. The van der Waals surface area contributed by atoms with Crippen LogP contribution >= 0.6 is 0 Å².